The van der Waals surface area contributed by atoms with Crippen LogP contribution < -0.4 is 5.32 Å². The summed E-state index contributed by atoms with van der Waals surface area (Å²) in [7, 11) is 0. The van der Waals surface area contributed by atoms with Crippen molar-refractivity contribution in [2.45, 2.75) is 18.9 Å². The number of amides is 1. The number of benzene rings is 2. The van der Waals surface area contributed by atoms with Crippen molar-refractivity contribution in [3.8, 4) is 11.1 Å². The lowest BCUT2D eigenvalue weighted by molar-refractivity contribution is -0.123. The van der Waals surface area contributed by atoms with Gasteiger partial charge < -0.3 is 21.0 Å². The summed E-state index contributed by atoms with van der Waals surface area (Å²) >= 11 is 0. The molecule has 0 fully saturated rings. The molecule has 0 heterocycles. The van der Waals surface area contributed by atoms with Crippen LogP contribution in [0.5, 0.6) is 0 Å². The minimum Gasteiger partial charge on any atom is -2.00 e. The number of aliphatic hydroxyl groups is 2. The molecule has 2 aromatic rings. The Kier molecular flexibility index (Phi) is 6.90. The largest absolute Gasteiger partial charge is 2.00 e. The van der Waals surface area contributed by atoms with Gasteiger partial charge >= 0.3 is 0 Å². The molecule has 0 saturated heterocycles. The fraction of sp³-hybridized carbons (Fsp3) is 0.278. The molecular formula is C18H21NO4-2. The van der Waals surface area contributed by atoms with Gasteiger partial charge in [0, 0.05) is 0 Å². The van der Waals surface area contributed by atoms with Crippen LogP contribution in [-0.2, 0) is 16.7 Å². The zero-order valence-electron chi connectivity index (χ0n) is 13.0. The van der Waals surface area contributed by atoms with E-state index in [1.165, 1.54) is 0 Å². The molecule has 2 aromatic carbocycles. The molecule has 0 aliphatic carbocycles. The van der Waals surface area contributed by atoms with Gasteiger partial charge in [0.25, 0.3) is 0 Å². The molecule has 0 aliphatic rings. The number of nitrogens with one attached hydrogen (secondary N) is 1. The minimum absolute atomic E-state index is 0. The molecule has 0 radical (unpaired) electrons. The van der Waals surface area contributed by atoms with Crippen molar-refractivity contribution in [1.82, 2.24) is 5.32 Å². The van der Waals surface area contributed by atoms with E-state index in [1.807, 2.05) is 54.6 Å². The Morgan fingerprint density at radius 2 is 1.48 bits per heavy atom. The predicted molar refractivity (Wildman–Crippen MR) is 87.0 cm³/mol. The molecule has 0 atom stereocenters. The van der Waals surface area contributed by atoms with E-state index in [1.54, 1.807) is 6.92 Å². The van der Waals surface area contributed by atoms with Gasteiger partial charge in [-0.2, -0.15) is 0 Å². The first-order chi connectivity index (χ1) is 10.6. The van der Waals surface area contributed by atoms with Crippen LogP contribution in [-0.4, -0.2) is 34.9 Å². The standard InChI is InChI=1S/C18H21NO3.O/c1-18(12-20,13-21)19-17(22)11-14-7-9-16(10-8-14)15-5-3-2-4-6-15;/h2-10,20-21H,11-13H2,1H3,(H,19,22);/q;-2. The summed E-state index contributed by atoms with van der Waals surface area (Å²) < 4.78 is 0. The van der Waals surface area contributed by atoms with Crippen LogP contribution in [0.3, 0.4) is 0 Å². The second-order valence-electron chi connectivity index (χ2n) is 5.66. The average Bonchev–Trinajstić information content (AvgIpc) is 2.56. The number of hydrogen-bond acceptors (Lipinski definition) is 3. The van der Waals surface area contributed by atoms with Crippen LogP contribution in [0.25, 0.3) is 11.1 Å². The van der Waals surface area contributed by atoms with Crippen molar-refractivity contribution < 1.29 is 20.5 Å². The minimum atomic E-state index is -0.985. The number of aliphatic hydroxyl groups excluding tert-OH is 2. The first-order valence-electron chi connectivity index (χ1n) is 7.23. The van der Waals surface area contributed by atoms with Crippen molar-refractivity contribution in [3.63, 3.8) is 0 Å². The average molecular weight is 315 g/mol. The predicted octanol–water partition coefficient (Wildman–Crippen LogP) is 1.64. The van der Waals surface area contributed by atoms with Crippen LogP contribution in [0.15, 0.2) is 54.6 Å². The van der Waals surface area contributed by atoms with Crippen LogP contribution >= 0.6 is 0 Å². The van der Waals surface area contributed by atoms with E-state index in [0.717, 1.165) is 16.7 Å². The summed E-state index contributed by atoms with van der Waals surface area (Å²) in [6.45, 7) is 0.994. The number of hydrogen-bond donors (Lipinski definition) is 3. The maximum Gasteiger partial charge on any atom is 0.224 e. The van der Waals surface area contributed by atoms with E-state index in [0.29, 0.717) is 0 Å². The quantitative estimate of drug-likeness (QED) is 0.755. The third-order valence-corrected chi connectivity index (χ3v) is 3.56. The number of rotatable bonds is 6. The second kappa shape index (κ2) is 8.43. The van der Waals surface area contributed by atoms with Gasteiger partial charge in [-0.3, -0.25) is 4.79 Å². The van der Waals surface area contributed by atoms with Gasteiger partial charge in [0.15, 0.2) is 0 Å². The lowest BCUT2D eigenvalue weighted by Crippen LogP contribution is -2.52. The van der Waals surface area contributed by atoms with Crippen LogP contribution in [0.2, 0.25) is 0 Å². The zero-order chi connectivity index (χ0) is 16.0. The summed E-state index contributed by atoms with van der Waals surface area (Å²) in [5.41, 5.74) is 2.13. The van der Waals surface area contributed by atoms with Gasteiger partial charge in [-0.1, -0.05) is 54.6 Å². The molecule has 124 valence electrons. The second-order valence-corrected chi connectivity index (χ2v) is 5.66. The fourth-order valence-corrected chi connectivity index (χ4v) is 2.14. The highest BCUT2D eigenvalue weighted by molar-refractivity contribution is 5.79. The Balaban J connectivity index is 0.00000264. The fourth-order valence-electron chi connectivity index (χ4n) is 2.14. The lowest BCUT2D eigenvalue weighted by atomic mass is 10.0. The Bertz CT molecular complexity index is 607. The third kappa shape index (κ3) is 5.17. The summed E-state index contributed by atoms with van der Waals surface area (Å²) in [6.07, 6.45) is 0.213. The van der Waals surface area contributed by atoms with Crippen LogP contribution in [0.1, 0.15) is 12.5 Å². The van der Waals surface area contributed by atoms with Crippen LogP contribution in [0, 0.1) is 0 Å². The smallest absolute Gasteiger partial charge is 0.224 e. The Labute approximate surface area is 135 Å². The molecule has 0 bridgehead atoms. The molecular weight excluding hydrogens is 294 g/mol. The Hall–Kier alpha value is -2.21. The monoisotopic (exact) mass is 315 g/mol. The normalized spacial score (nSPS) is 10.7. The van der Waals surface area contributed by atoms with E-state index in [9.17, 15) is 15.0 Å². The first kappa shape index (κ1) is 18.8. The van der Waals surface area contributed by atoms with Crippen molar-refractivity contribution in [3.05, 3.63) is 60.2 Å². The number of carbonyl (C=O) groups is 1. The molecule has 1 amide bonds. The van der Waals surface area contributed by atoms with Gasteiger partial charge in [-0.25, -0.2) is 0 Å². The molecule has 0 spiro atoms. The maximum absolute atomic E-state index is 12.0. The molecule has 0 saturated carbocycles. The zero-order valence-corrected chi connectivity index (χ0v) is 13.0. The highest BCUT2D eigenvalue weighted by atomic mass is 16.3. The molecule has 2 rings (SSSR count). The van der Waals surface area contributed by atoms with Crippen LogP contribution in [0.4, 0.5) is 0 Å². The van der Waals surface area contributed by atoms with Crippen molar-refractivity contribution in [2.75, 3.05) is 13.2 Å². The van der Waals surface area contributed by atoms with Gasteiger partial charge in [-0.05, 0) is 23.6 Å². The maximum atomic E-state index is 12.0. The SMILES string of the molecule is CC(CO)(CO)NC(=O)Cc1ccc(-c2ccccc2)cc1.[O-2]. The highest BCUT2D eigenvalue weighted by Crippen LogP contribution is 2.19. The van der Waals surface area contributed by atoms with E-state index in [4.69, 9.17) is 0 Å². The molecule has 5 heteroatoms. The summed E-state index contributed by atoms with van der Waals surface area (Å²) in [5, 5.41) is 21.0. The topological polar surface area (TPSA) is 98.1 Å². The van der Waals surface area contributed by atoms with Crippen molar-refractivity contribution >= 4 is 5.91 Å². The van der Waals surface area contributed by atoms with Gasteiger partial charge in [0.05, 0.1) is 25.2 Å². The molecule has 0 aromatic heterocycles. The summed E-state index contributed by atoms with van der Waals surface area (Å²) in [6, 6.07) is 17.8. The van der Waals surface area contributed by atoms with E-state index < -0.39 is 5.54 Å². The lowest BCUT2D eigenvalue weighted by Gasteiger charge is -2.26. The molecule has 0 aliphatic heterocycles. The number of carbonyl (C=O) groups excluding carboxylic acids is 1. The molecule has 3 N–H and O–H groups in total. The van der Waals surface area contributed by atoms with Crippen molar-refractivity contribution in [2.24, 2.45) is 0 Å². The van der Waals surface area contributed by atoms with Gasteiger partial charge in [-0.15, -0.1) is 0 Å². The highest BCUT2D eigenvalue weighted by Gasteiger charge is 2.24. The van der Waals surface area contributed by atoms with Crippen molar-refractivity contribution in [1.29, 1.82) is 0 Å². The summed E-state index contributed by atoms with van der Waals surface area (Å²) in [4.78, 5) is 12.0. The third-order valence-electron chi connectivity index (χ3n) is 3.56. The molecule has 23 heavy (non-hydrogen) atoms. The van der Waals surface area contributed by atoms with Gasteiger partial charge in [0.1, 0.15) is 0 Å². The van der Waals surface area contributed by atoms with Gasteiger partial charge in [0.2, 0.25) is 5.91 Å². The molecule has 0 unspecified atom stereocenters. The van der Waals surface area contributed by atoms with E-state index >= 15 is 0 Å². The first-order valence-corrected chi connectivity index (χ1v) is 7.23. The Morgan fingerprint density at radius 3 is 2.00 bits per heavy atom. The Morgan fingerprint density at radius 1 is 0.957 bits per heavy atom. The van der Waals surface area contributed by atoms with E-state index in [2.05, 4.69) is 5.32 Å². The van der Waals surface area contributed by atoms with E-state index in [-0.39, 0.29) is 31.0 Å². The summed E-state index contributed by atoms with van der Waals surface area (Å²) in [5.74, 6) is -0.224. The molecule has 5 nitrogen and oxygen atoms in total.